The molecule has 0 aliphatic rings. The Morgan fingerprint density at radius 3 is 2.38 bits per heavy atom. The van der Waals surface area contributed by atoms with Crippen LogP contribution in [0.1, 0.15) is 36.7 Å². The van der Waals surface area contributed by atoms with Crippen molar-refractivity contribution in [2.45, 2.75) is 33.4 Å². The molecule has 0 saturated carbocycles. The molecular formula is C21H28FN3O. The van der Waals surface area contributed by atoms with Crippen LogP contribution in [0, 0.1) is 11.7 Å². The van der Waals surface area contributed by atoms with E-state index in [-0.39, 0.29) is 17.9 Å². The van der Waals surface area contributed by atoms with Crippen LogP contribution >= 0.6 is 0 Å². The fraction of sp³-hybridized carbons (Fsp3) is 0.381. The van der Waals surface area contributed by atoms with Crippen molar-refractivity contribution in [3.05, 3.63) is 59.4 Å². The lowest BCUT2D eigenvalue weighted by molar-refractivity contribution is 0.0628. The van der Waals surface area contributed by atoms with Gasteiger partial charge < -0.3 is 15.5 Å². The van der Waals surface area contributed by atoms with Crippen LogP contribution in [-0.4, -0.2) is 30.9 Å². The van der Waals surface area contributed by atoms with Gasteiger partial charge in [-0.15, -0.1) is 0 Å². The third-order valence-electron chi connectivity index (χ3n) is 4.71. The highest BCUT2D eigenvalue weighted by Gasteiger charge is 2.25. The molecule has 0 aliphatic heterocycles. The number of benzene rings is 2. The maximum atomic E-state index is 13.6. The lowest BCUT2D eigenvalue weighted by Crippen LogP contribution is -2.41. The van der Waals surface area contributed by atoms with Crippen LogP contribution in [0.25, 0.3) is 0 Å². The Morgan fingerprint density at radius 2 is 1.81 bits per heavy atom. The van der Waals surface area contributed by atoms with Gasteiger partial charge in [0.05, 0.1) is 0 Å². The van der Waals surface area contributed by atoms with Crippen molar-refractivity contribution in [3.63, 3.8) is 0 Å². The molecule has 0 heterocycles. The monoisotopic (exact) mass is 357 g/mol. The predicted molar refractivity (Wildman–Crippen MR) is 106 cm³/mol. The molecule has 1 atom stereocenters. The van der Waals surface area contributed by atoms with Crippen LogP contribution in [-0.2, 0) is 6.54 Å². The fourth-order valence-corrected chi connectivity index (χ4v) is 2.90. The molecule has 0 fully saturated rings. The maximum absolute atomic E-state index is 13.6. The number of anilines is 2. The minimum atomic E-state index is -0.411. The number of halogens is 1. The average molecular weight is 357 g/mol. The van der Waals surface area contributed by atoms with Crippen molar-refractivity contribution in [2.75, 3.05) is 24.7 Å². The number of hydrogen-bond acceptors (Lipinski definition) is 3. The third-order valence-corrected chi connectivity index (χ3v) is 4.71. The maximum Gasteiger partial charge on any atom is 0.254 e. The Morgan fingerprint density at radius 1 is 1.12 bits per heavy atom. The summed E-state index contributed by atoms with van der Waals surface area (Å²) in [5.74, 6) is -0.333. The van der Waals surface area contributed by atoms with Crippen LogP contribution in [0.4, 0.5) is 15.8 Å². The number of nitrogens with two attached hydrogens (primary N) is 1. The number of nitrogens with zero attached hydrogens (tertiary/aromatic N) is 2. The molecule has 4 nitrogen and oxygen atoms in total. The summed E-state index contributed by atoms with van der Waals surface area (Å²) in [4.78, 5) is 16.9. The lowest BCUT2D eigenvalue weighted by Gasteiger charge is -2.33. The van der Waals surface area contributed by atoms with E-state index in [1.807, 2.05) is 44.1 Å². The third kappa shape index (κ3) is 4.54. The normalized spacial score (nSPS) is 12.1. The molecular weight excluding hydrogens is 329 g/mol. The zero-order valence-electron chi connectivity index (χ0n) is 16.2. The molecule has 0 aromatic heterocycles. The molecule has 26 heavy (non-hydrogen) atoms. The van der Waals surface area contributed by atoms with Gasteiger partial charge in [-0.25, -0.2) is 4.39 Å². The summed E-state index contributed by atoms with van der Waals surface area (Å²) >= 11 is 0. The van der Waals surface area contributed by atoms with Gasteiger partial charge in [0.15, 0.2) is 0 Å². The number of amides is 1. The number of rotatable bonds is 6. The standard InChI is InChI=1S/C21H28FN3O/c1-14(2)15(3)25(21(26)16-7-6-8-18(22)11-16)13-17-12-19(23)9-10-20(17)24(4)5/h6-12,14-15H,13,23H2,1-5H3/t15-/m0/s1. The summed E-state index contributed by atoms with van der Waals surface area (Å²) in [6.07, 6.45) is 0. The van der Waals surface area contributed by atoms with Crippen molar-refractivity contribution in [1.29, 1.82) is 0 Å². The second-order valence-electron chi connectivity index (χ2n) is 7.21. The molecule has 0 saturated heterocycles. The van der Waals surface area contributed by atoms with E-state index in [9.17, 15) is 9.18 Å². The van der Waals surface area contributed by atoms with Crippen LogP contribution in [0.15, 0.2) is 42.5 Å². The first-order chi connectivity index (χ1) is 12.2. The van der Waals surface area contributed by atoms with Gasteiger partial charge in [0, 0.05) is 43.6 Å². The van der Waals surface area contributed by atoms with Crippen molar-refractivity contribution < 1.29 is 9.18 Å². The molecule has 0 radical (unpaired) electrons. The molecule has 2 N–H and O–H groups in total. The molecule has 5 heteroatoms. The zero-order chi connectivity index (χ0) is 19.4. The van der Waals surface area contributed by atoms with Crippen LogP contribution in [0.3, 0.4) is 0 Å². The van der Waals surface area contributed by atoms with E-state index in [4.69, 9.17) is 5.73 Å². The Labute approximate surface area is 155 Å². The van der Waals surface area contributed by atoms with Gasteiger partial charge in [-0.2, -0.15) is 0 Å². The number of nitrogen functional groups attached to an aromatic ring is 1. The van der Waals surface area contributed by atoms with Crippen LogP contribution < -0.4 is 10.6 Å². The Bertz CT molecular complexity index is 774. The summed E-state index contributed by atoms with van der Waals surface area (Å²) in [5.41, 5.74) is 8.95. The highest BCUT2D eigenvalue weighted by Crippen LogP contribution is 2.26. The lowest BCUT2D eigenvalue weighted by atomic mass is 10.0. The smallest absolute Gasteiger partial charge is 0.254 e. The first kappa shape index (κ1) is 19.8. The van der Waals surface area contributed by atoms with Gasteiger partial charge in [0.25, 0.3) is 5.91 Å². The first-order valence-electron chi connectivity index (χ1n) is 8.83. The minimum absolute atomic E-state index is 0.0118. The van der Waals surface area contributed by atoms with Crippen molar-refractivity contribution in [2.24, 2.45) is 5.92 Å². The summed E-state index contributed by atoms with van der Waals surface area (Å²) < 4.78 is 13.6. The van der Waals surface area contributed by atoms with E-state index in [1.165, 1.54) is 12.1 Å². The second kappa shape index (κ2) is 8.21. The van der Waals surface area contributed by atoms with E-state index in [1.54, 1.807) is 17.0 Å². The van der Waals surface area contributed by atoms with E-state index in [2.05, 4.69) is 13.8 Å². The topological polar surface area (TPSA) is 49.6 Å². The molecule has 140 valence electrons. The highest BCUT2D eigenvalue weighted by molar-refractivity contribution is 5.94. The molecule has 2 aromatic carbocycles. The molecule has 2 aromatic rings. The van der Waals surface area contributed by atoms with Crippen molar-refractivity contribution in [1.82, 2.24) is 4.90 Å². The summed E-state index contributed by atoms with van der Waals surface area (Å²) in [7, 11) is 3.92. The van der Waals surface area contributed by atoms with Crippen LogP contribution in [0.5, 0.6) is 0 Å². The summed E-state index contributed by atoms with van der Waals surface area (Å²) in [6, 6.07) is 11.5. The van der Waals surface area contributed by atoms with Crippen molar-refractivity contribution in [3.8, 4) is 0 Å². The predicted octanol–water partition coefficient (Wildman–Crippen LogP) is 4.16. The molecule has 2 rings (SSSR count). The summed E-state index contributed by atoms with van der Waals surface area (Å²) in [5, 5.41) is 0. The molecule has 0 unspecified atom stereocenters. The molecule has 0 aliphatic carbocycles. The Kier molecular flexibility index (Phi) is 6.24. The molecule has 0 spiro atoms. The van der Waals surface area contributed by atoms with Gasteiger partial charge in [-0.05, 0) is 54.8 Å². The zero-order valence-corrected chi connectivity index (χ0v) is 16.2. The fourth-order valence-electron chi connectivity index (χ4n) is 2.90. The largest absolute Gasteiger partial charge is 0.399 e. The van der Waals surface area contributed by atoms with E-state index in [0.717, 1.165) is 11.3 Å². The molecule has 0 bridgehead atoms. The number of carbonyl (C=O) groups excluding carboxylic acids is 1. The van der Waals surface area contributed by atoms with E-state index < -0.39 is 5.82 Å². The highest BCUT2D eigenvalue weighted by atomic mass is 19.1. The van der Waals surface area contributed by atoms with Gasteiger partial charge in [0.2, 0.25) is 0 Å². The molecule has 1 amide bonds. The van der Waals surface area contributed by atoms with Crippen molar-refractivity contribution >= 4 is 17.3 Å². The number of hydrogen-bond donors (Lipinski definition) is 1. The Hall–Kier alpha value is -2.56. The first-order valence-corrected chi connectivity index (χ1v) is 8.83. The van der Waals surface area contributed by atoms with E-state index >= 15 is 0 Å². The Balaban J connectivity index is 2.44. The van der Waals surface area contributed by atoms with Gasteiger partial charge >= 0.3 is 0 Å². The van der Waals surface area contributed by atoms with Gasteiger partial charge in [-0.1, -0.05) is 19.9 Å². The summed E-state index contributed by atoms with van der Waals surface area (Å²) in [6.45, 7) is 6.57. The average Bonchev–Trinajstić information content (AvgIpc) is 2.58. The van der Waals surface area contributed by atoms with Gasteiger partial charge in [-0.3, -0.25) is 4.79 Å². The van der Waals surface area contributed by atoms with E-state index in [0.29, 0.717) is 17.8 Å². The number of carbonyl (C=O) groups is 1. The van der Waals surface area contributed by atoms with Crippen LogP contribution in [0.2, 0.25) is 0 Å². The van der Waals surface area contributed by atoms with Gasteiger partial charge in [0.1, 0.15) is 5.82 Å². The minimum Gasteiger partial charge on any atom is -0.399 e. The quantitative estimate of drug-likeness (QED) is 0.790. The SMILES string of the molecule is CC(C)[C@H](C)N(Cc1cc(N)ccc1N(C)C)C(=O)c1cccc(F)c1. The second-order valence-corrected chi connectivity index (χ2v) is 7.21.